The molecule has 0 atom stereocenters. The Morgan fingerprint density at radius 2 is 1.54 bits per heavy atom. The Morgan fingerprint density at radius 1 is 0.923 bits per heavy atom. The van der Waals surface area contributed by atoms with Gasteiger partial charge in [0, 0.05) is 12.8 Å². The van der Waals surface area contributed by atoms with Crippen LogP contribution in [0.15, 0.2) is 0 Å². The average Bonchev–Trinajstić information content (AvgIpc) is 2.99. The Morgan fingerprint density at radius 3 is 1.85 bits per heavy atom. The minimum atomic E-state index is -0.830. The Bertz CT molecular complexity index is 238. The normalized spacial score (nSPS) is 35.5. The first-order chi connectivity index (χ1) is 6.20. The molecule has 0 aromatic heterocycles. The Kier molecular flexibility index (Phi) is 1.31. The summed E-state index contributed by atoms with van der Waals surface area (Å²) in [6.07, 6.45) is 3.60. The molecule has 0 bridgehead atoms. The predicted molar refractivity (Wildman–Crippen MR) is 43.0 cm³/mol. The number of rotatable bonds is 2. The average molecular weight is 186 g/mol. The number of hydrogen-bond donors (Lipinski definition) is 2. The van der Waals surface area contributed by atoms with Gasteiger partial charge < -0.3 is 19.7 Å². The van der Waals surface area contributed by atoms with E-state index in [0.717, 1.165) is 25.7 Å². The zero-order chi connectivity index (χ0) is 9.16. The van der Waals surface area contributed by atoms with E-state index in [1.54, 1.807) is 0 Å². The molecule has 0 aromatic carbocycles. The highest BCUT2D eigenvalue weighted by atomic mass is 16.8. The lowest BCUT2D eigenvalue weighted by Gasteiger charge is -2.28. The van der Waals surface area contributed by atoms with Gasteiger partial charge in [0.1, 0.15) is 11.2 Å². The molecule has 2 aliphatic carbocycles. The van der Waals surface area contributed by atoms with Crippen LogP contribution in [0.25, 0.3) is 0 Å². The van der Waals surface area contributed by atoms with E-state index in [2.05, 4.69) is 0 Å². The fraction of sp³-hybridized carbons (Fsp3) is 1.00. The molecule has 1 saturated heterocycles. The Hall–Kier alpha value is -0.160. The largest absolute Gasteiger partial charge is 0.393 e. The van der Waals surface area contributed by atoms with Crippen LogP contribution in [0.3, 0.4) is 0 Å². The van der Waals surface area contributed by atoms with E-state index in [1.807, 2.05) is 0 Å². The van der Waals surface area contributed by atoms with Crippen LogP contribution >= 0.6 is 0 Å². The van der Waals surface area contributed by atoms with E-state index >= 15 is 0 Å². The topological polar surface area (TPSA) is 58.9 Å². The van der Waals surface area contributed by atoms with Crippen LogP contribution in [0.5, 0.6) is 0 Å². The third-order valence-corrected chi connectivity index (χ3v) is 3.47. The Balaban J connectivity index is 1.93. The van der Waals surface area contributed by atoms with Gasteiger partial charge in [0.25, 0.3) is 0 Å². The number of hydrogen-bond acceptors (Lipinski definition) is 4. The maximum Gasteiger partial charge on any atom is 0.170 e. The van der Waals surface area contributed by atoms with Gasteiger partial charge in [-0.2, -0.15) is 0 Å². The second-order valence-electron chi connectivity index (χ2n) is 4.42. The van der Waals surface area contributed by atoms with Crippen molar-refractivity contribution in [2.24, 2.45) is 0 Å². The highest BCUT2D eigenvalue weighted by Crippen LogP contribution is 2.64. The lowest BCUT2D eigenvalue weighted by Crippen LogP contribution is -2.48. The summed E-state index contributed by atoms with van der Waals surface area (Å²) < 4.78 is 11.5. The van der Waals surface area contributed by atoms with E-state index in [9.17, 15) is 10.2 Å². The van der Waals surface area contributed by atoms with E-state index in [-0.39, 0.29) is 18.8 Å². The van der Waals surface area contributed by atoms with Crippen molar-refractivity contribution in [2.75, 3.05) is 13.2 Å². The van der Waals surface area contributed by atoms with E-state index in [4.69, 9.17) is 9.47 Å². The predicted octanol–water partition coefficient (Wildman–Crippen LogP) is -0.221. The molecule has 3 aliphatic rings. The maximum atomic E-state index is 9.29. The highest BCUT2D eigenvalue weighted by Gasteiger charge is 2.74. The summed E-state index contributed by atoms with van der Waals surface area (Å²) in [5, 5.41) is 18.6. The number of aliphatic hydroxyl groups excluding tert-OH is 2. The van der Waals surface area contributed by atoms with Gasteiger partial charge in [-0.15, -0.1) is 0 Å². The van der Waals surface area contributed by atoms with Crippen LogP contribution in [0.1, 0.15) is 25.7 Å². The summed E-state index contributed by atoms with van der Waals surface area (Å²) in [5.74, 6) is -0.442. The summed E-state index contributed by atoms with van der Waals surface area (Å²) in [7, 11) is 0. The van der Waals surface area contributed by atoms with E-state index < -0.39 is 11.4 Å². The van der Waals surface area contributed by atoms with Crippen LogP contribution in [-0.4, -0.2) is 40.4 Å². The fourth-order valence-electron chi connectivity index (χ4n) is 2.30. The minimum Gasteiger partial charge on any atom is -0.393 e. The molecular weight excluding hydrogens is 172 g/mol. The lowest BCUT2D eigenvalue weighted by molar-refractivity contribution is -0.138. The smallest absolute Gasteiger partial charge is 0.170 e. The molecule has 2 spiro atoms. The molecule has 13 heavy (non-hydrogen) atoms. The molecule has 0 unspecified atom stereocenters. The quantitative estimate of drug-likeness (QED) is 0.626. The summed E-state index contributed by atoms with van der Waals surface area (Å²) in [4.78, 5) is 0. The molecule has 3 rings (SSSR count). The van der Waals surface area contributed by atoms with Gasteiger partial charge >= 0.3 is 0 Å². The first kappa shape index (κ1) is 8.17. The van der Waals surface area contributed by atoms with Gasteiger partial charge in [-0.1, -0.05) is 0 Å². The molecule has 2 N–H and O–H groups in total. The first-order valence-electron chi connectivity index (χ1n) is 4.82. The van der Waals surface area contributed by atoms with Crippen molar-refractivity contribution in [3.8, 4) is 0 Å². The molecule has 2 saturated carbocycles. The lowest BCUT2D eigenvalue weighted by atomic mass is 9.97. The van der Waals surface area contributed by atoms with Gasteiger partial charge in [-0.3, -0.25) is 0 Å². The molecule has 1 aliphatic heterocycles. The minimum absolute atomic E-state index is 0.148. The fourth-order valence-corrected chi connectivity index (χ4v) is 2.30. The molecule has 0 amide bonds. The van der Waals surface area contributed by atoms with Gasteiger partial charge in [-0.05, 0) is 12.8 Å². The van der Waals surface area contributed by atoms with Crippen molar-refractivity contribution >= 4 is 0 Å². The zero-order valence-corrected chi connectivity index (χ0v) is 7.45. The second kappa shape index (κ2) is 2.08. The summed E-state index contributed by atoms with van der Waals surface area (Å²) in [6, 6.07) is 0. The van der Waals surface area contributed by atoms with Crippen LogP contribution in [0.4, 0.5) is 0 Å². The third-order valence-electron chi connectivity index (χ3n) is 3.47. The molecule has 74 valence electrons. The van der Waals surface area contributed by atoms with Gasteiger partial charge in [0.2, 0.25) is 0 Å². The van der Waals surface area contributed by atoms with Crippen LogP contribution < -0.4 is 0 Å². The van der Waals surface area contributed by atoms with E-state index in [0.29, 0.717) is 0 Å². The number of ether oxygens (including phenoxy) is 2. The van der Waals surface area contributed by atoms with Crippen molar-refractivity contribution in [3.63, 3.8) is 0 Å². The molecular formula is C9H14O4. The van der Waals surface area contributed by atoms with Crippen LogP contribution in [0, 0.1) is 0 Å². The standard InChI is InChI=1S/C9H14O4/c10-5-8(6-11)7(1-2-7)12-9(13-8)3-4-9/h10-11H,1-6H2. The maximum absolute atomic E-state index is 9.29. The van der Waals surface area contributed by atoms with Crippen molar-refractivity contribution < 1.29 is 19.7 Å². The van der Waals surface area contributed by atoms with Crippen LogP contribution in [-0.2, 0) is 9.47 Å². The van der Waals surface area contributed by atoms with Crippen molar-refractivity contribution in [3.05, 3.63) is 0 Å². The monoisotopic (exact) mass is 186 g/mol. The number of aliphatic hydroxyl groups is 2. The molecule has 0 aromatic rings. The summed E-state index contributed by atoms with van der Waals surface area (Å²) >= 11 is 0. The van der Waals surface area contributed by atoms with E-state index in [1.165, 1.54) is 0 Å². The molecule has 0 radical (unpaired) electrons. The van der Waals surface area contributed by atoms with Crippen molar-refractivity contribution in [2.45, 2.75) is 42.7 Å². The second-order valence-corrected chi connectivity index (χ2v) is 4.42. The molecule has 1 heterocycles. The highest BCUT2D eigenvalue weighted by molar-refractivity contribution is 5.19. The molecule has 4 nitrogen and oxygen atoms in total. The summed E-state index contributed by atoms with van der Waals surface area (Å²) in [6.45, 7) is -0.295. The van der Waals surface area contributed by atoms with Gasteiger partial charge in [-0.25, -0.2) is 0 Å². The van der Waals surface area contributed by atoms with Crippen LogP contribution in [0.2, 0.25) is 0 Å². The molecule has 3 fully saturated rings. The first-order valence-corrected chi connectivity index (χ1v) is 4.82. The zero-order valence-electron chi connectivity index (χ0n) is 7.45. The van der Waals surface area contributed by atoms with Crippen molar-refractivity contribution in [1.29, 1.82) is 0 Å². The van der Waals surface area contributed by atoms with Gasteiger partial charge in [0.15, 0.2) is 5.79 Å². The third kappa shape index (κ3) is 0.845. The molecule has 4 heteroatoms. The van der Waals surface area contributed by atoms with Crippen molar-refractivity contribution in [1.82, 2.24) is 0 Å². The summed E-state index contributed by atoms with van der Waals surface area (Å²) in [5.41, 5.74) is -1.20. The Labute approximate surface area is 76.5 Å². The SMILES string of the molecule is OCC1(CO)OC2(CC2)OC12CC2. The van der Waals surface area contributed by atoms with Gasteiger partial charge in [0.05, 0.1) is 13.2 Å².